The topological polar surface area (TPSA) is 48.0 Å². The molecule has 1 aromatic rings. The molecular weight excluding hydrogens is 306 g/mol. The van der Waals surface area contributed by atoms with Gasteiger partial charge < -0.3 is 19.1 Å². The van der Waals surface area contributed by atoms with E-state index < -0.39 is 5.79 Å². The molecule has 2 fully saturated rings. The van der Waals surface area contributed by atoms with Crippen LogP contribution in [0.3, 0.4) is 0 Å². The Hall–Kier alpha value is -1.59. The fourth-order valence-electron chi connectivity index (χ4n) is 3.80. The minimum atomic E-state index is -0.431. The summed E-state index contributed by atoms with van der Waals surface area (Å²) in [6, 6.07) is 2.08. The summed E-state index contributed by atoms with van der Waals surface area (Å²) in [5, 5.41) is 0. The summed E-state index contributed by atoms with van der Waals surface area (Å²) in [6.07, 6.45) is 1.96. The second-order valence-electron chi connectivity index (χ2n) is 6.80. The van der Waals surface area contributed by atoms with Crippen molar-refractivity contribution >= 4 is 5.91 Å². The van der Waals surface area contributed by atoms with Gasteiger partial charge in [-0.3, -0.25) is 4.79 Å². The molecule has 2 saturated heterocycles. The predicted molar refractivity (Wildman–Crippen MR) is 91.4 cm³/mol. The number of aryl methyl sites for hydroxylation is 1. The molecule has 2 aliphatic heterocycles. The molecule has 0 N–H and O–H groups in total. The number of rotatable bonds is 3. The SMILES string of the molecule is COc1c(C)cc(CC(=O)N2CCC3(CC2)OCCO3)c(C)c1C. The molecule has 1 spiro atoms. The highest BCUT2D eigenvalue weighted by molar-refractivity contribution is 5.79. The van der Waals surface area contributed by atoms with Crippen LogP contribution >= 0.6 is 0 Å². The summed E-state index contributed by atoms with van der Waals surface area (Å²) >= 11 is 0. The number of carbonyl (C=O) groups is 1. The number of carbonyl (C=O) groups excluding carboxylic acids is 1. The van der Waals surface area contributed by atoms with Crippen molar-refractivity contribution in [3.8, 4) is 5.75 Å². The van der Waals surface area contributed by atoms with Gasteiger partial charge in [0.25, 0.3) is 0 Å². The minimum absolute atomic E-state index is 0.176. The molecular formula is C19H27NO4. The molecule has 0 radical (unpaired) electrons. The van der Waals surface area contributed by atoms with Crippen LogP contribution in [0.2, 0.25) is 0 Å². The maximum absolute atomic E-state index is 12.7. The quantitative estimate of drug-likeness (QED) is 0.853. The predicted octanol–water partition coefficient (Wildman–Crippen LogP) is 2.53. The first-order valence-corrected chi connectivity index (χ1v) is 8.65. The van der Waals surface area contributed by atoms with E-state index in [1.165, 1.54) is 0 Å². The van der Waals surface area contributed by atoms with Crippen molar-refractivity contribution in [3.63, 3.8) is 0 Å². The minimum Gasteiger partial charge on any atom is -0.496 e. The highest BCUT2D eigenvalue weighted by atomic mass is 16.7. The fraction of sp³-hybridized carbons (Fsp3) is 0.632. The van der Waals surface area contributed by atoms with Gasteiger partial charge in [-0.2, -0.15) is 0 Å². The average molecular weight is 333 g/mol. The summed E-state index contributed by atoms with van der Waals surface area (Å²) in [7, 11) is 1.69. The van der Waals surface area contributed by atoms with Crippen molar-refractivity contribution in [2.45, 2.75) is 45.8 Å². The molecule has 0 aliphatic carbocycles. The molecule has 2 aliphatic rings. The monoisotopic (exact) mass is 333 g/mol. The Balaban J connectivity index is 1.67. The number of piperidine rings is 1. The summed E-state index contributed by atoms with van der Waals surface area (Å²) in [6.45, 7) is 8.87. The lowest BCUT2D eigenvalue weighted by Gasteiger charge is -2.37. The number of ether oxygens (including phenoxy) is 3. The van der Waals surface area contributed by atoms with E-state index in [1.54, 1.807) is 7.11 Å². The van der Waals surface area contributed by atoms with E-state index >= 15 is 0 Å². The summed E-state index contributed by atoms with van der Waals surface area (Å²) in [5.74, 6) is 0.661. The molecule has 132 valence electrons. The van der Waals surface area contributed by atoms with Gasteiger partial charge in [0.1, 0.15) is 5.75 Å². The van der Waals surface area contributed by atoms with Crippen molar-refractivity contribution in [1.82, 2.24) is 4.90 Å². The van der Waals surface area contributed by atoms with E-state index in [9.17, 15) is 4.79 Å². The van der Waals surface area contributed by atoms with Crippen LogP contribution in [0.15, 0.2) is 6.07 Å². The third-order valence-corrected chi connectivity index (χ3v) is 5.37. The lowest BCUT2D eigenvalue weighted by Crippen LogP contribution is -2.47. The van der Waals surface area contributed by atoms with E-state index in [1.807, 2.05) is 11.8 Å². The molecule has 0 atom stereocenters. The molecule has 1 aromatic carbocycles. The number of amides is 1. The molecule has 0 aromatic heterocycles. The van der Waals surface area contributed by atoms with Crippen molar-refractivity contribution in [2.24, 2.45) is 0 Å². The average Bonchev–Trinajstić information content (AvgIpc) is 3.01. The van der Waals surface area contributed by atoms with Gasteiger partial charge in [-0.05, 0) is 43.0 Å². The first-order chi connectivity index (χ1) is 11.5. The van der Waals surface area contributed by atoms with Gasteiger partial charge >= 0.3 is 0 Å². The van der Waals surface area contributed by atoms with Crippen LogP contribution in [-0.2, 0) is 20.7 Å². The fourth-order valence-corrected chi connectivity index (χ4v) is 3.80. The number of benzene rings is 1. The van der Waals surface area contributed by atoms with Gasteiger partial charge in [0.2, 0.25) is 5.91 Å². The van der Waals surface area contributed by atoms with Crippen LogP contribution in [0.4, 0.5) is 0 Å². The smallest absolute Gasteiger partial charge is 0.227 e. The molecule has 5 heteroatoms. The lowest BCUT2D eigenvalue weighted by molar-refractivity contribution is -0.187. The van der Waals surface area contributed by atoms with Crippen molar-refractivity contribution in [3.05, 3.63) is 28.3 Å². The van der Waals surface area contributed by atoms with E-state index in [-0.39, 0.29) is 5.91 Å². The molecule has 3 rings (SSSR count). The molecule has 24 heavy (non-hydrogen) atoms. The van der Waals surface area contributed by atoms with Gasteiger partial charge in [0, 0.05) is 25.9 Å². The van der Waals surface area contributed by atoms with Crippen LogP contribution in [0.1, 0.15) is 35.1 Å². The van der Waals surface area contributed by atoms with Crippen molar-refractivity contribution in [1.29, 1.82) is 0 Å². The molecule has 0 bridgehead atoms. The summed E-state index contributed by atoms with van der Waals surface area (Å²) < 4.78 is 16.9. The van der Waals surface area contributed by atoms with Crippen LogP contribution < -0.4 is 4.74 Å². The Morgan fingerprint density at radius 1 is 1.17 bits per heavy atom. The van der Waals surface area contributed by atoms with E-state index in [0.717, 1.165) is 40.8 Å². The Morgan fingerprint density at radius 3 is 2.38 bits per heavy atom. The van der Waals surface area contributed by atoms with Gasteiger partial charge in [-0.15, -0.1) is 0 Å². The molecule has 2 heterocycles. The third-order valence-electron chi connectivity index (χ3n) is 5.37. The van der Waals surface area contributed by atoms with Gasteiger partial charge in [0.15, 0.2) is 5.79 Å². The van der Waals surface area contributed by atoms with E-state index in [4.69, 9.17) is 14.2 Å². The third kappa shape index (κ3) is 3.15. The first-order valence-electron chi connectivity index (χ1n) is 8.65. The summed E-state index contributed by atoms with van der Waals surface area (Å²) in [4.78, 5) is 14.6. The second kappa shape index (κ2) is 6.73. The van der Waals surface area contributed by atoms with E-state index in [0.29, 0.717) is 32.7 Å². The number of hydrogen-bond acceptors (Lipinski definition) is 4. The second-order valence-corrected chi connectivity index (χ2v) is 6.80. The zero-order valence-corrected chi connectivity index (χ0v) is 15.1. The molecule has 0 unspecified atom stereocenters. The number of nitrogens with zero attached hydrogens (tertiary/aromatic N) is 1. The zero-order valence-electron chi connectivity index (χ0n) is 15.1. The maximum Gasteiger partial charge on any atom is 0.227 e. The normalized spacial score (nSPS) is 19.8. The van der Waals surface area contributed by atoms with Crippen LogP contribution in [0, 0.1) is 20.8 Å². The Kier molecular flexibility index (Phi) is 4.83. The van der Waals surface area contributed by atoms with Crippen LogP contribution in [0.5, 0.6) is 5.75 Å². The van der Waals surface area contributed by atoms with Crippen LogP contribution in [0.25, 0.3) is 0 Å². The van der Waals surface area contributed by atoms with E-state index in [2.05, 4.69) is 19.9 Å². The first kappa shape index (κ1) is 17.2. The Labute approximate surface area is 143 Å². The van der Waals surface area contributed by atoms with Gasteiger partial charge in [0.05, 0.1) is 26.7 Å². The van der Waals surface area contributed by atoms with Gasteiger partial charge in [-0.1, -0.05) is 6.07 Å². The maximum atomic E-state index is 12.7. The molecule has 5 nitrogen and oxygen atoms in total. The Morgan fingerprint density at radius 2 is 1.79 bits per heavy atom. The van der Waals surface area contributed by atoms with Gasteiger partial charge in [-0.25, -0.2) is 0 Å². The lowest BCUT2D eigenvalue weighted by atomic mass is 9.95. The molecule has 0 saturated carbocycles. The summed E-state index contributed by atoms with van der Waals surface area (Å²) in [5.41, 5.74) is 4.42. The standard InChI is InChI=1S/C19H27NO4/c1-13-11-16(14(2)15(3)18(13)22-4)12-17(21)20-7-5-19(6-8-20)23-9-10-24-19/h11H,5-10,12H2,1-4H3. The number of methoxy groups -OCH3 is 1. The highest BCUT2D eigenvalue weighted by Crippen LogP contribution is 2.32. The highest BCUT2D eigenvalue weighted by Gasteiger charge is 2.40. The molecule has 1 amide bonds. The Bertz CT molecular complexity index is 625. The zero-order chi connectivity index (χ0) is 17.3. The largest absolute Gasteiger partial charge is 0.496 e. The van der Waals surface area contributed by atoms with Crippen LogP contribution in [-0.4, -0.2) is 50.0 Å². The number of hydrogen-bond donors (Lipinski definition) is 0. The van der Waals surface area contributed by atoms with Crippen molar-refractivity contribution in [2.75, 3.05) is 33.4 Å². The van der Waals surface area contributed by atoms with Crippen molar-refractivity contribution < 1.29 is 19.0 Å². The number of likely N-dealkylation sites (tertiary alicyclic amines) is 1.